The molecule has 1 aliphatic rings. The van der Waals surface area contributed by atoms with Gasteiger partial charge in [-0.15, -0.1) is 0 Å². The van der Waals surface area contributed by atoms with E-state index in [4.69, 9.17) is 16.2 Å². The minimum absolute atomic E-state index is 0.422. The summed E-state index contributed by atoms with van der Waals surface area (Å²) in [4.78, 5) is 0. The van der Waals surface area contributed by atoms with E-state index in [1.807, 2.05) is 0 Å². The van der Waals surface area contributed by atoms with Crippen LogP contribution in [-0.2, 0) is 10.1 Å². The van der Waals surface area contributed by atoms with Crippen LogP contribution in [0.2, 0.25) is 0 Å². The molecule has 1 N–H and O–H groups in total. The van der Waals surface area contributed by atoms with Crippen molar-refractivity contribution in [1.82, 2.24) is 0 Å². The standard InChI is InChI=1S/C8H11ClO3S/c1-6-7(9)4-3-5-8(6,2)13(10,11)12/h3-6H,1-2H3,(H,10,11,12). The maximum absolute atomic E-state index is 11.1. The lowest BCUT2D eigenvalue weighted by Gasteiger charge is -2.31. The monoisotopic (exact) mass is 222 g/mol. The number of allylic oxidation sites excluding steroid dienone is 3. The molecule has 3 nitrogen and oxygen atoms in total. The van der Waals surface area contributed by atoms with Gasteiger partial charge in [0.05, 0.1) is 0 Å². The Kier molecular flexibility index (Phi) is 2.58. The normalized spacial score (nSPS) is 34.5. The maximum atomic E-state index is 11.1. The Morgan fingerprint density at radius 1 is 1.62 bits per heavy atom. The molecule has 0 amide bonds. The fraction of sp³-hybridized carbons (Fsp3) is 0.500. The fourth-order valence-corrected chi connectivity index (χ4v) is 2.39. The van der Waals surface area contributed by atoms with Crippen molar-refractivity contribution in [3.05, 3.63) is 23.3 Å². The van der Waals surface area contributed by atoms with E-state index in [0.29, 0.717) is 5.03 Å². The summed E-state index contributed by atoms with van der Waals surface area (Å²) >= 11 is 5.79. The molecule has 0 saturated heterocycles. The third-order valence-corrected chi connectivity index (χ3v) is 4.57. The SMILES string of the molecule is CC1C(Cl)=CC=CC1(C)S(=O)(=O)O. The van der Waals surface area contributed by atoms with E-state index in [0.717, 1.165) is 0 Å². The second-order valence-corrected chi connectivity index (χ2v) is 5.56. The van der Waals surface area contributed by atoms with Gasteiger partial charge in [0.15, 0.2) is 0 Å². The zero-order valence-corrected chi connectivity index (χ0v) is 8.93. The second-order valence-electron chi connectivity index (χ2n) is 3.29. The molecule has 0 aromatic heterocycles. The van der Waals surface area contributed by atoms with Crippen molar-refractivity contribution in [2.45, 2.75) is 18.6 Å². The minimum Gasteiger partial charge on any atom is -0.285 e. The third kappa shape index (κ3) is 1.66. The molecule has 2 unspecified atom stereocenters. The first kappa shape index (κ1) is 10.8. The fourth-order valence-electron chi connectivity index (χ4n) is 1.20. The molecule has 13 heavy (non-hydrogen) atoms. The first-order valence-electron chi connectivity index (χ1n) is 3.81. The summed E-state index contributed by atoms with van der Waals surface area (Å²) < 4.78 is 29.9. The van der Waals surface area contributed by atoms with Crippen LogP contribution in [0.4, 0.5) is 0 Å². The van der Waals surface area contributed by atoms with Crippen LogP contribution in [0.15, 0.2) is 23.3 Å². The molecule has 1 rings (SSSR count). The van der Waals surface area contributed by atoms with E-state index in [9.17, 15) is 8.42 Å². The highest BCUT2D eigenvalue weighted by Crippen LogP contribution is 2.37. The van der Waals surface area contributed by atoms with Gasteiger partial charge in [-0.3, -0.25) is 4.55 Å². The molecule has 0 heterocycles. The van der Waals surface area contributed by atoms with Crippen molar-refractivity contribution in [2.24, 2.45) is 5.92 Å². The highest BCUT2D eigenvalue weighted by Gasteiger charge is 2.43. The number of hydrogen-bond donors (Lipinski definition) is 1. The van der Waals surface area contributed by atoms with Gasteiger partial charge >= 0.3 is 0 Å². The average Bonchev–Trinajstić information content (AvgIpc) is 1.98. The van der Waals surface area contributed by atoms with Crippen molar-refractivity contribution in [2.75, 3.05) is 0 Å². The molecule has 0 saturated carbocycles. The quantitative estimate of drug-likeness (QED) is 0.690. The number of rotatable bonds is 1. The van der Waals surface area contributed by atoms with Gasteiger partial charge in [0.2, 0.25) is 0 Å². The van der Waals surface area contributed by atoms with Gasteiger partial charge in [-0.25, -0.2) is 0 Å². The topological polar surface area (TPSA) is 54.4 Å². The van der Waals surface area contributed by atoms with Crippen LogP contribution in [0.25, 0.3) is 0 Å². The largest absolute Gasteiger partial charge is 0.285 e. The average molecular weight is 223 g/mol. The molecule has 0 bridgehead atoms. The lowest BCUT2D eigenvalue weighted by molar-refractivity contribution is 0.424. The van der Waals surface area contributed by atoms with E-state index < -0.39 is 20.8 Å². The lowest BCUT2D eigenvalue weighted by Crippen LogP contribution is -2.40. The molecule has 0 aliphatic heterocycles. The zero-order chi connectivity index (χ0) is 10.3. The van der Waals surface area contributed by atoms with Crippen LogP contribution in [-0.4, -0.2) is 17.7 Å². The minimum atomic E-state index is -4.12. The van der Waals surface area contributed by atoms with Gasteiger partial charge in [0, 0.05) is 11.0 Å². The van der Waals surface area contributed by atoms with Crippen molar-refractivity contribution < 1.29 is 13.0 Å². The van der Waals surface area contributed by atoms with Crippen molar-refractivity contribution in [1.29, 1.82) is 0 Å². The predicted molar refractivity (Wildman–Crippen MR) is 52.2 cm³/mol. The predicted octanol–water partition coefficient (Wildman–Crippen LogP) is 1.96. The molecule has 0 fully saturated rings. The van der Waals surface area contributed by atoms with Crippen LogP contribution < -0.4 is 0 Å². The third-order valence-electron chi connectivity index (χ3n) is 2.51. The summed E-state index contributed by atoms with van der Waals surface area (Å²) in [5.41, 5.74) is 0. The summed E-state index contributed by atoms with van der Waals surface area (Å²) in [6.45, 7) is 3.11. The molecular weight excluding hydrogens is 212 g/mol. The molecule has 1 aliphatic carbocycles. The van der Waals surface area contributed by atoms with Gasteiger partial charge in [0.25, 0.3) is 10.1 Å². The van der Waals surface area contributed by atoms with Crippen LogP contribution in [0.3, 0.4) is 0 Å². The Labute approximate surface area is 82.8 Å². The second kappa shape index (κ2) is 3.12. The van der Waals surface area contributed by atoms with Gasteiger partial charge in [-0.2, -0.15) is 8.42 Å². The summed E-state index contributed by atoms with van der Waals surface area (Å²) in [6.07, 6.45) is 4.61. The van der Waals surface area contributed by atoms with E-state index in [-0.39, 0.29) is 0 Å². The number of hydrogen-bond acceptors (Lipinski definition) is 2. The molecule has 0 radical (unpaired) electrons. The molecule has 5 heteroatoms. The Morgan fingerprint density at radius 3 is 2.54 bits per heavy atom. The summed E-state index contributed by atoms with van der Waals surface area (Å²) in [7, 11) is -4.12. The first-order valence-corrected chi connectivity index (χ1v) is 5.63. The molecule has 0 aromatic carbocycles. The Hall–Kier alpha value is -0.320. The van der Waals surface area contributed by atoms with Crippen LogP contribution >= 0.6 is 11.6 Å². The van der Waals surface area contributed by atoms with Gasteiger partial charge < -0.3 is 0 Å². The van der Waals surface area contributed by atoms with Crippen molar-refractivity contribution in [3.8, 4) is 0 Å². The highest BCUT2D eigenvalue weighted by atomic mass is 35.5. The van der Waals surface area contributed by atoms with E-state index in [1.54, 1.807) is 13.0 Å². The lowest BCUT2D eigenvalue weighted by atomic mass is 9.90. The molecule has 0 spiro atoms. The van der Waals surface area contributed by atoms with E-state index in [1.165, 1.54) is 19.1 Å². The molecule has 2 atom stereocenters. The van der Waals surface area contributed by atoms with E-state index in [2.05, 4.69) is 0 Å². The zero-order valence-electron chi connectivity index (χ0n) is 7.36. The van der Waals surface area contributed by atoms with Gasteiger partial charge in [0.1, 0.15) is 4.75 Å². The molecule has 74 valence electrons. The summed E-state index contributed by atoms with van der Waals surface area (Å²) in [6, 6.07) is 0. The highest BCUT2D eigenvalue weighted by molar-refractivity contribution is 7.87. The smallest absolute Gasteiger partial charge is 0.274 e. The van der Waals surface area contributed by atoms with Crippen molar-refractivity contribution in [3.63, 3.8) is 0 Å². The first-order chi connectivity index (χ1) is 5.79. The summed E-state index contributed by atoms with van der Waals surface area (Å²) in [5, 5.41) is 0.433. The Morgan fingerprint density at radius 2 is 2.15 bits per heavy atom. The van der Waals surface area contributed by atoms with Crippen LogP contribution in [0.5, 0.6) is 0 Å². The Balaban J connectivity index is 3.23. The number of halogens is 1. The van der Waals surface area contributed by atoms with Gasteiger partial charge in [-0.1, -0.05) is 30.7 Å². The Bertz CT molecular complexity index is 369. The molecular formula is C8H11ClO3S. The van der Waals surface area contributed by atoms with Crippen LogP contribution in [0, 0.1) is 5.92 Å². The van der Waals surface area contributed by atoms with Crippen LogP contribution in [0.1, 0.15) is 13.8 Å². The van der Waals surface area contributed by atoms with Gasteiger partial charge in [-0.05, 0) is 13.0 Å². The van der Waals surface area contributed by atoms with E-state index >= 15 is 0 Å². The molecule has 0 aromatic rings. The summed E-state index contributed by atoms with van der Waals surface area (Å²) in [5.74, 6) is -0.422. The van der Waals surface area contributed by atoms with Crippen molar-refractivity contribution >= 4 is 21.7 Å². The maximum Gasteiger partial charge on any atom is 0.274 e.